The van der Waals surface area contributed by atoms with E-state index in [0.717, 1.165) is 6.07 Å². The largest absolute Gasteiger partial charge is 0.489 e. The van der Waals surface area contributed by atoms with E-state index in [9.17, 15) is 13.2 Å². The summed E-state index contributed by atoms with van der Waals surface area (Å²) in [5.74, 6) is 0.533. The van der Waals surface area contributed by atoms with Crippen molar-refractivity contribution in [2.24, 2.45) is 5.92 Å². The van der Waals surface area contributed by atoms with Crippen molar-refractivity contribution >= 4 is 16.6 Å². The number of hydrogen-bond donors (Lipinski definition) is 0. The second kappa shape index (κ2) is 7.09. The van der Waals surface area contributed by atoms with Crippen LogP contribution >= 0.6 is 0 Å². The van der Waals surface area contributed by atoms with Gasteiger partial charge in [-0.25, -0.2) is 4.98 Å². The molecule has 1 aromatic carbocycles. The highest BCUT2D eigenvalue weighted by atomic mass is 19.4. The lowest BCUT2D eigenvalue weighted by molar-refractivity contribution is -0.136. The highest BCUT2D eigenvalue weighted by Gasteiger charge is 2.38. The SMILES string of the molecule is CCN1c2ccc3nc(OC(C)C)cc(C(F)(F)F)c3c2OC[C@H]1C(C)C. The predicted molar refractivity (Wildman–Crippen MR) is 99.7 cm³/mol. The smallest absolute Gasteiger partial charge is 0.417 e. The predicted octanol–water partition coefficient (Wildman–Crippen LogP) is 5.28. The summed E-state index contributed by atoms with van der Waals surface area (Å²) >= 11 is 0. The van der Waals surface area contributed by atoms with Crippen LogP contribution in [0.4, 0.5) is 18.9 Å². The second-order valence-corrected chi connectivity index (χ2v) is 7.39. The number of rotatable bonds is 4. The van der Waals surface area contributed by atoms with Gasteiger partial charge in [-0.2, -0.15) is 13.2 Å². The zero-order valence-electron chi connectivity index (χ0n) is 16.2. The van der Waals surface area contributed by atoms with E-state index in [2.05, 4.69) is 23.7 Å². The van der Waals surface area contributed by atoms with Crippen LogP contribution in [0.25, 0.3) is 10.9 Å². The number of benzene rings is 1. The average Bonchev–Trinajstić information content (AvgIpc) is 2.57. The van der Waals surface area contributed by atoms with Gasteiger partial charge in [-0.1, -0.05) is 13.8 Å². The number of fused-ring (bicyclic) bond motifs is 3. The summed E-state index contributed by atoms with van der Waals surface area (Å²) in [5, 5.41) is -0.00300. The molecule has 1 aromatic heterocycles. The molecule has 148 valence electrons. The minimum atomic E-state index is -4.54. The molecule has 0 bridgehead atoms. The Hall–Kier alpha value is -2.18. The van der Waals surface area contributed by atoms with Gasteiger partial charge in [0.05, 0.1) is 34.3 Å². The highest BCUT2D eigenvalue weighted by molar-refractivity contribution is 5.95. The van der Waals surface area contributed by atoms with Crippen LogP contribution in [0.1, 0.15) is 40.2 Å². The first-order valence-corrected chi connectivity index (χ1v) is 9.24. The number of ether oxygens (including phenoxy) is 2. The van der Waals surface area contributed by atoms with E-state index < -0.39 is 11.7 Å². The summed E-state index contributed by atoms with van der Waals surface area (Å²) < 4.78 is 52.8. The quantitative estimate of drug-likeness (QED) is 0.720. The molecule has 0 spiro atoms. The zero-order valence-corrected chi connectivity index (χ0v) is 16.2. The number of aromatic nitrogens is 1. The Labute approximate surface area is 157 Å². The Balaban J connectivity index is 2.25. The molecule has 1 aliphatic heterocycles. The molecule has 27 heavy (non-hydrogen) atoms. The third-order valence-corrected chi connectivity index (χ3v) is 4.76. The maximum Gasteiger partial charge on any atom is 0.417 e. The Morgan fingerprint density at radius 1 is 1.26 bits per heavy atom. The van der Waals surface area contributed by atoms with E-state index in [0.29, 0.717) is 24.8 Å². The molecule has 0 amide bonds. The number of pyridine rings is 1. The highest BCUT2D eigenvalue weighted by Crippen LogP contribution is 2.46. The molecule has 2 aromatic rings. The maximum absolute atomic E-state index is 13.8. The fourth-order valence-electron chi connectivity index (χ4n) is 3.55. The minimum absolute atomic E-state index is 0.00300. The van der Waals surface area contributed by atoms with Crippen LogP contribution in [-0.4, -0.2) is 30.3 Å². The number of hydrogen-bond acceptors (Lipinski definition) is 4. The van der Waals surface area contributed by atoms with Crippen LogP contribution in [0, 0.1) is 5.92 Å². The molecule has 3 rings (SSSR count). The van der Waals surface area contributed by atoms with Gasteiger partial charge in [0.25, 0.3) is 0 Å². The lowest BCUT2D eigenvalue weighted by atomic mass is 9.98. The zero-order chi connectivity index (χ0) is 19.9. The third kappa shape index (κ3) is 3.64. The number of halogens is 3. The Morgan fingerprint density at radius 2 is 1.96 bits per heavy atom. The topological polar surface area (TPSA) is 34.6 Å². The summed E-state index contributed by atoms with van der Waals surface area (Å²) in [4.78, 5) is 6.39. The molecular weight excluding hydrogens is 357 g/mol. The van der Waals surface area contributed by atoms with Gasteiger partial charge in [-0.15, -0.1) is 0 Å². The molecule has 4 nitrogen and oxygen atoms in total. The van der Waals surface area contributed by atoms with E-state index in [1.165, 1.54) is 0 Å². The monoisotopic (exact) mass is 382 g/mol. The van der Waals surface area contributed by atoms with Crippen molar-refractivity contribution in [1.82, 2.24) is 4.98 Å². The standard InChI is InChI=1S/C20H25F3N2O2/c1-6-25-15-8-7-14-18(19(15)26-10-16(25)11(2)3)13(20(21,22)23)9-17(24-14)27-12(4)5/h7-9,11-12,16H,6,10H2,1-5H3/t16-/m0/s1. The van der Waals surface area contributed by atoms with Gasteiger partial charge in [0.2, 0.25) is 5.88 Å². The van der Waals surface area contributed by atoms with E-state index in [1.54, 1.807) is 26.0 Å². The van der Waals surface area contributed by atoms with Gasteiger partial charge in [0.15, 0.2) is 5.75 Å². The molecular formula is C20H25F3N2O2. The number of anilines is 1. The van der Waals surface area contributed by atoms with E-state index in [1.807, 2.05) is 6.92 Å². The average molecular weight is 382 g/mol. The first-order chi connectivity index (χ1) is 12.6. The molecule has 0 radical (unpaired) electrons. The van der Waals surface area contributed by atoms with E-state index in [-0.39, 0.29) is 34.7 Å². The van der Waals surface area contributed by atoms with Crippen molar-refractivity contribution in [3.05, 3.63) is 23.8 Å². The van der Waals surface area contributed by atoms with Crippen LogP contribution in [-0.2, 0) is 6.18 Å². The van der Waals surface area contributed by atoms with Crippen LogP contribution in [0.15, 0.2) is 18.2 Å². The summed E-state index contributed by atoms with van der Waals surface area (Å²) in [6, 6.07) is 4.50. The molecule has 0 aliphatic carbocycles. The van der Waals surface area contributed by atoms with E-state index >= 15 is 0 Å². The lowest BCUT2D eigenvalue weighted by Crippen LogP contribution is -2.46. The van der Waals surface area contributed by atoms with Gasteiger partial charge in [0, 0.05) is 12.6 Å². The van der Waals surface area contributed by atoms with Crippen molar-refractivity contribution in [1.29, 1.82) is 0 Å². The van der Waals surface area contributed by atoms with E-state index in [4.69, 9.17) is 9.47 Å². The summed E-state index contributed by atoms with van der Waals surface area (Å²) in [6.45, 7) is 10.7. The van der Waals surface area contributed by atoms with Crippen LogP contribution < -0.4 is 14.4 Å². The molecule has 2 heterocycles. The first kappa shape index (κ1) is 19.6. The van der Waals surface area contributed by atoms with Crippen molar-refractivity contribution in [2.75, 3.05) is 18.1 Å². The first-order valence-electron chi connectivity index (χ1n) is 9.24. The van der Waals surface area contributed by atoms with Crippen molar-refractivity contribution < 1.29 is 22.6 Å². The fourth-order valence-corrected chi connectivity index (χ4v) is 3.55. The molecule has 0 fully saturated rings. The normalized spacial score (nSPS) is 17.4. The summed E-state index contributed by atoms with van der Waals surface area (Å²) in [7, 11) is 0. The van der Waals surface area contributed by atoms with Crippen LogP contribution in [0.2, 0.25) is 0 Å². The molecule has 1 aliphatic rings. The molecule has 0 saturated heterocycles. The number of likely N-dealkylation sites (N-methyl/N-ethyl adjacent to an activating group) is 1. The van der Waals surface area contributed by atoms with Gasteiger partial charge in [-0.05, 0) is 38.8 Å². The van der Waals surface area contributed by atoms with Gasteiger partial charge in [0.1, 0.15) is 6.61 Å². The summed E-state index contributed by atoms with van der Waals surface area (Å²) in [5.41, 5.74) is 0.122. The third-order valence-electron chi connectivity index (χ3n) is 4.76. The summed E-state index contributed by atoms with van der Waals surface area (Å²) in [6.07, 6.45) is -4.81. The van der Waals surface area contributed by atoms with Gasteiger partial charge in [-0.3, -0.25) is 0 Å². The lowest BCUT2D eigenvalue weighted by Gasteiger charge is -2.40. The molecule has 0 unspecified atom stereocenters. The maximum atomic E-state index is 13.8. The van der Waals surface area contributed by atoms with Crippen molar-refractivity contribution in [2.45, 2.75) is 52.9 Å². The molecule has 7 heteroatoms. The second-order valence-electron chi connectivity index (χ2n) is 7.39. The van der Waals surface area contributed by atoms with Crippen molar-refractivity contribution in [3.8, 4) is 11.6 Å². The van der Waals surface area contributed by atoms with Crippen LogP contribution in [0.5, 0.6) is 11.6 Å². The number of alkyl halides is 3. The molecule has 0 saturated carbocycles. The van der Waals surface area contributed by atoms with Crippen molar-refractivity contribution in [3.63, 3.8) is 0 Å². The fraction of sp³-hybridized carbons (Fsp3) is 0.550. The molecule has 0 N–H and O–H groups in total. The Bertz CT molecular complexity index is 834. The van der Waals surface area contributed by atoms with Crippen LogP contribution in [0.3, 0.4) is 0 Å². The Kier molecular flexibility index (Phi) is 5.14. The van der Waals surface area contributed by atoms with Gasteiger partial charge < -0.3 is 14.4 Å². The number of nitrogens with zero attached hydrogens (tertiary/aromatic N) is 2. The molecule has 1 atom stereocenters. The minimum Gasteiger partial charge on any atom is -0.489 e. The van der Waals surface area contributed by atoms with Gasteiger partial charge >= 0.3 is 6.18 Å². The Morgan fingerprint density at radius 3 is 2.52 bits per heavy atom.